The van der Waals surface area contributed by atoms with E-state index in [2.05, 4.69) is 15.8 Å². The van der Waals surface area contributed by atoms with E-state index >= 15 is 0 Å². The summed E-state index contributed by atoms with van der Waals surface area (Å²) in [5.74, 6) is 2.00. The van der Waals surface area contributed by atoms with Gasteiger partial charge in [0.1, 0.15) is 4.83 Å². The number of rotatable bonds is 5. The Morgan fingerprint density at radius 2 is 1.71 bits per heavy atom. The van der Waals surface area contributed by atoms with Crippen LogP contribution >= 0.6 is 11.3 Å². The number of hydrazine groups is 1. The minimum absolute atomic E-state index is 0.0973. The number of nitrogens with one attached hydrogen (secondary N) is 2. The second-order valence-corrected chi connectivity index (χ2v) is 11.4. The molecule has 4 aliphatic rings. The number of hydrogen-bond acceptors (Lipinski definition) is 5. The lowest BCUT2D eigenvalue weighted by Crippen LogP contribution is -2.50. The summed E-state index contributed by atoms with van der Waals surface area (Å²) in [6, 6.07) is 0. The Kier molecular flexibility index (Phi) is 5.15. The molecule has 0 aromatic carbocycles. The van der Waals surface area contributed by atoms with Crippen molar-refractivity contribution in [3.05, 3.63) is 27.1 Å². The zero-order valence-corrected chi connectivity index (χ0v) is 19.0. The molecule has 0 saturated heterocycles. The van der Waals surface area contributed by atoms with Crippen molar-refractivity contribution in [3.63, 3.8) is 0 Å². The molecule has 4 bridgehead atoms. The molecule has 2 aromatic rings. The van der Waals surface area contributed by atoms with Crippen LogP contribution in [0.3, 0.4) is 0 Å². The summed E-state index contributed by atoms with van der Waals surface area (Å²) in [6.45, 7) is 4.13. The van der Waals surface area contributed by atoms with Crippen molar-refractivity contribution < 1.29 is 9.59 Å². The highest BCUT2D eigenvalue weighted by atomic mass is 32.1. The average molecular weight is 443 g/mol. The van der Waals surface area contributed by atoms with Crippen LogP contribution in [0, 0.1) is 37.0 Å². The van der Waals surface area contributed by atoms with Crippen LogP contribution in [-0.4, -0.2) is 21.4 Å². The molecule has 166 valence electrons. The third kappa shape index (κ3) is 3.90. The number of carbonyl (C=O) groups excluding carboxylic acids is 2. The topological polar surface area (TPSA) is 93.1 Å². The van der Waals surface area contributed by atoms with Crippen molar-refractivity contribution in [2.45, 2.75) is 71.8 Å². The monoisotopic (exact) mass is 442 g/mol. The van der Waals surface area contributed by atoms with Gasteiger partial charge in [-0.3, -0.25) is 29.8 Å². The quantitative estimate of drug-likeness (QED) is 0.696. The lowest BCUT2D eigenvalue weighted by Gasteiger charge is -2.56. The number of carbonyl (C=O) groups is 2. The van der Waals surface area contributed by atoms with Crippen LogP contribution < -0.4 is 16.4 Å². The highest BCUT2D eigenvalue weighted by Gasteiger charge is 2.51. The van der Waals surface area contributed by atoms with Crippen molar-refractivity contribution in [3.8, 4) is 0 Å². The molecule has 4 saturated carbocycles. The molecule has 31 heavy (non-hydrogen) atoms. The normalized spacial score (nSPS) is 28.8. The molecule has 0 spiro atoms. The number of thiophene rings is 1. The molecule has 6 rings (SSSR count). The van der Waals surface area contributed by atoms with Gasteiger partial charge in [0.2, 0.25) is 11.8 Å². The second-order valence-electron chi connectivity index (χ2n) is 10.1. The number of hydrogen-bond donors (Lipinski definition) is 2. The lowest BCUT2D eigenvalue weighted by molar-refractivity contribution is -0.134. The number of aromatic nitrogens is 2. The first-order valence-electron chi connectivity index (χ1n) is 11.3. The first-order valence-corrected chi connectivity index (χ1v) is 12.2. The van der Waals surface area contributed by atoms with Gasteiger partial charge in [-0.1, -0.05) is 0 Å². The zero-order valence-electron chi connectivity index (χ0n) is 18.2. The van der Waals surface area contributed by atoms with Crippen LogP contribution in [0.1, 0.15) is 61.8 Å². The molecule has 0 atom stereocenters. The highest BCUT2D eigenvalue weighted by Crippen LogP contribution is 2.61. The second kappa shape index (κ2) is 7.73. The summed E-state index contributed by atoms with van der Waals surface area (Å²) in [4.78, 5) is 43.7. The standard InChI is InChI=1S/C23H30N4O3S/c1-13-14(2)31-21-20(13)22(30)27(12-24-21)4-3-18(28)25-26-19(29)11-23-8-15-5-16(9-23)7-17(6-15)10-23/h12,15-17H,3-11H2,1-2H3,(H,25,28)(H,26,29). The predicted molar refractivity (Wildman–Crippen MR) is 119 cm³/mol. The first-order chi connectivity index (χ1) is 14.8. The van der Waals surface area contributed by atoms with Crippen molar-refractivity contribution in [2.24, 2.45) is 23.2 Å². The van der Waals surface area contributed by atoms with Crippen LogP contribution in [0.25, 0.3) is 10.2 Å². The highest BCUT2D eigenvalue weighted by molar-refractivity contribution is 7.18. The van der Waals surface area contributed by atoms with E-state index < -0.39 is 0 Å². The fraction of sp³-hybridized carbons (Fsp3) is 0.652. The van der Waals surface area contributed by atoms with Gasteiger partial charge in [-0.2, -0.15) is 0 Å². The summed E-state index contributed by atoms with van der Waals surface area (Å²) in [6.07, 6.45) is 9.66. The van der Waals surface area contributed by atoms with Gasteiger partial charge in [-0.25, -0.2) is 4.98 Å². The molecule has 0 unspecified atom stereocenters. The zero-order chi connectivity index (χ0) is 21.8. The van der Waals surface area contributed by atoms with Crippen LogP contribution in [0.15, 0.2) is 11.1 Å². The molecule has 8 heteroatoms. The van der Waals surface area contributed by atoms with Crippen molar-refractivity contribution in [2.75, 3.05) is 0 Å². The maximum Gasteiger partial charge on any atom is 0.262 e. The summed E-state index contributed by atoms with van der Waals surface area (Å²) >= 11 is 1.51. The van der Waals surface area contributed by atoms with E-state index in [0.717, 1.165) is 33.0 Å². The minimum Gasteiger partial charge on any atom is -0.298 e. The van der Waals surface area contributed by atoms with E-state index in [0.29, 0.717) is 11.8 Å². The van der Waals surface area contributed by atoms with Gasteiger partial charge < -0.3 is 0 Å². The smallest absolute Gasteiger partial charge is 0.262 e. The Bertz CT molecular complexity index is 1070. The fourth-order valence-corrected chi connectivity index (χ4v) is 7.73. The van der Waals surface area contributed by atoms with Crippen molar-refractivity contribution in [1.29, 1.82) is 0 Å². The number of amides is 2. The minimum atomic E-state index is -0.302. The number of fused-ring (bicyclic) bond motifs is 1. The van der Waals surface area contributed by atoms with E-state index in [9.17, 15) is 14.4 Å². The Balaban J connectivity index is 1.14. The first kappa shape index (κ1) is 20.7. The Morgan fingerprint density at radius 3 is 2.35 bits per heavy atom. The number of aryl methyl sites for hydroxylation is 3. The van der Waals surface area contributed by atoms with Crippen molar-refractivity contribution in [1.82, 2.24) is 20.4 Å². The van der Waals surface area contributed by atoms with Gasteiger partial charge in [-0.15, -0.1) is 11.3 Å². The van der Waals surface area contributed by atoms with E-state index in [4.69, 9.17) is 0 Å². The molecule has 0 radical (unpaired) electrons. The summed E-state index contributed by atoms with van der Waals surface area (Å²) in [7, 11) is 0. The summed E-state index contributed by atoms with van der Waals surface area (Å²) < 4.78 is 1.47. The third-order valence-corrected chi connectivity index (χ3v) is 8.89. The molecule has 2 amide bonds. The Labute approximate surface area is 185 Å². The summed E-state index contributed by atoms with van der Waals surface area (Å²) in [5.41, 5.74) is 6.13. The number of nitrogens with zero attached hydrogens (tertiary/aromatic N) is 2. The van der Waals surface area contributed by atoms with Gasteiger partial charge in [0.15, 0.2) is 0 Å². The van der Waals surface area contributed by atoms with Gasteiger partial charge >= 0.3 is 0 Å². The Hall–Kier alpha value is -2.22. The molecular formula is C23H30N4O3S. The molecule has 2 aromatic heterocycles. The maximum absolute atomic E-state index is 12.7. The molecule has 4 aliphatic carbocycles. The largest absolute Gasteiger partial charge is 0.298 e. The average Bonchev–Trinajstić information content (AvgIpc) is 2.99. The third-order valence-electron chi connectivity index (χ3n) is 7.78. The molecule has 7 nitrogen and oxygen atoms in total. The van der Waals surface area contributed by atoms with E-state index in [-0.39, 0.29) is 35.8 Å². The van der Waals surface area contributed by atoms with Gasteiger partial charge in [0, 0.05) is 24.3 Å². The van der Waals surface area contributed by atoms with Gasteiger partial charge in [0.25, 0.3) is 5.56 Å². The van der Waals surface area contributed by atoms with Gasteiger partial charge in [-0.05, 0) is 81.1 Å². The summed E-state index contributed by atoms with van der Waals surface area (Å²) in [5, 5.41) is 0.634. The fourth-order valence-electron chi connectivity index (χ4n) is 6.74. The molecule has 2 heterocycles. The van der Waals surface area contributed by atoms with Crippen LogP contribution in [-0.2, 0) is 16.1 Å². The molecule has 4 fully saturated rings. The van der Waals surface area contributed by atoms with Crippen LogP contribution in [0.2, 0.25) is 0 Å². The molecular weight excluding hydrogens is 412 g/mol. The lowest BCUT2D eigenvalue weighted by atomic mass is 9.49. The molecule has 0 aliphatic heterocycles. The SMILES string of the molecule is Cc1sc2ncn(CCC(=O)NNC(=O)CC34CC5CC(CC(C5)C3)C4)c(=O)c2c1C. The van der Waals surface area contributed by atoms with E-state index in [1.165, 1.54) is 60.8 Å². The van der Waals surface area contributed by atoms with E-state index in [1.54, 1.807) is 0 Å². The van der Waals surface area contributed by atoms with Crippen LogP contribution in [0.5, 0.6) is 0 Å². The van der Waals surface area contributed by atoms with Crippen molar-refractivity contribution >= 4 is 33.4 Å². The molecule has 2 N–H and O–H groups in total. The maximum atomic E-state index is 12.7. The van der Waals surface area contributed by atoms with Gasteiger partial charge in [0.05, 0.1) is 11.7 Å². The predicted octanol–water partition coefficient (Wildman–Crippen LogP) is 3.22. The van der Waals surface area contributed by atoms with E-state index in [1.807, 2.05) is 13.8 Å². The Morgan fingerprint density at radius 1 is 1.10 bits per heavy atom. The van der Waals surface area contributed by atoms with Crippen LogP contribution in [0.4, 0.5) is 0 Å².